The third kappa shape index (κ3) is 2.24. The number of hydrogen-bond donors (Lipinski definition) is 1. The van der Waals surface area contributed by atoms with Gasteiger partial charge in [0.1, 0.15) is 5.60 Å². The van der Waals surface area contributed by atoms with Crippen molar-refractivity contribution >= 4 is 11.8 Å². The van der Waals surface area contributed by atoms with Crippen LogP contribution in [0.5, 0.6) is 0 Å². The van der Waals surface area contributed by atoms with Gasteiger partial charge in [-0.05, 0) is 68.4 Å². The summed E-state index contributed by atoms with van der Waals surface area (Å²) < 4.78 is 11.4. The van der Waals surface area contributed by atoms with E-state index in [4.69, 9.17) is 9.47 Å². The van der Waals surface area contributed by atoms with Crippen LogP contribution in [0.1, 0.15) is 65.2 Å². The molecule has 1 spiro atoms. The van der Waals surface area contributed by atoms with Gasteiger partial charge < -0.3 is 14.6 Å². The van der Waals surface area contributed by atoms with Crippen molar-refractivity contribution in [2.75, 3.05) is 7.11 Å². The minimum Gasteiger partial charge on any atom is -0.469 e. The Balaban J connectivity index is 1.48. The Bertz CT molecular complexity index is 844. The van der Waals surface area contributed by atoms with E-state index in [9.17, 15) is 14.7 Å². The van der Waals surface area contributed by atoms with Gasteiger partial charge in [0.2, 0.25) is 0 Å². The molecule has 1 saturated heterocycles. The summed E-state index contributed by atoms with van der Waals surface area (Å²) in [6.45, 7) is 8.52. The smallest absolute Gasteiger partial charge is 0.305 e. The standard InChI is InChI=1S/C24H32O5/c1-14-12-21(2)15(11-18(14)25)5-6-17-16-7-9-23(27,10-8-20(26)28-4)22(16,3)13-19-24(17,21)29-19/h11,16-17,19,27H,1,5-10,12-13H2,2-4H3/t16-,17-,19+,21-,22-,23+,24-/m0/s1. The largest absolute Gasteiger partial charge is 0.469 e. The van der Waals surface area contributed by atoms with Gasteiger partial charge in [-0.15, -0.1) is 0 Å². The van der Waals surface area contributed by atoms with Crippen LogP contribution < -0.4 is 0 Å². The molecule has 0 aromatic rings. The lowest BCUT2D eigenvalue weighted by Gasteiger charge is -2.57. The lowest BCUT2D eigenvalue weighted by Crippen LogP contribution is -2.60. The molecule has 0 bridgehead atoms. The Morgan fingerprint density at radius 1 is 1.34 bits per heavy atom. The van der Waals surface area contributed by atoms with E-state index in [-0.39, 0.29) is 40.7 Å². The lowest BCUT2D eigenvalue weighted by molar-refractivity contribution is -0.146. The number of hydrogen-bond acceptors (Lipinski definition) is 5. The van der Waals surface area contributed by atoms with Gasteiger partial charge in [0.15, 0.2) is 5.78 Å². The van der Waals surface area contributed by atoms with Gasteiger partial charge >= 0.3 is 5.97 Å². The van der Waals surface area contributed by atoms with Gasteiger partial charge in [0.05, 0.1) is 18.8 Å². The molecule has 1 N–H and O–H groups in total. The monoisotopic (exact) mass is 400 g/mol. The number of epoxide rings is 1. The summed E-state index contributed by atoms with van der Waals surface area (Å²) in [4.78, 5) is 24.0. The fourth-order valence-corrected chi connectivity index (χ4v) is 7.96. The maximum Gasteiger partial charge on any atom is 0.305 e. The number of ketones is 1. The van der Waals surface area contributed by atoms with E-state index >= 15 is 0 Å². The number of carbonyl (C=O) groups excluding carboxylic acids is 2. The highest BCUT2D eigenvalue weighted by Gasteiger charge is 2.80. The van der Waals surface area contributed by atoms with Gasteiger partial charge in [-0.3, -0.25) is 9.59 Å². The van der Waals surface area contributed by atoms with E-state index in [2.05, 4.69) is 20.4 Å². The average Bonchev–Trinajstić information content (AvgIpc) is 3.34. The van der Waals surface area contributed by atoms with Crippen LogP contribution >= 0.6 is 0 Å². The summed E-state index contributed by atoms with van der Waals surface area (Å²) in [5.41, 5.74) is 0.423. The highest BCUT2D eigenvalue weighted by Crippen LogP contribution is 2.76. The van der Waals surface area contributed by atoms with Crippen molar-refractivity contribution in [3.63, 3.8) is 0 Å². The van der Waals surface area contributed by atoms with Gasteiger partial charge in [-0.1, -0.05) is 26.0 Å². The van der Waals surface area contributed by atoms with Crippen LogP contribution in [0.15, 0.2) is 23.8 Å². The van der Waals surface area contributed by atoms with Crippen LogP contribution in [0.2, 0.25) is 0 Å². The summed E-state index contributed by atoms with van der Waals surface area (Å²) in [6.07, 6.45) is 7.75. The number of allylic oxidation sites excluding steroid dienone is 1. The number of carbonyl (C=O) groups is 2. The van der Waals surface area contributed by atoms with Gasteiger partial charge in [0, 0.05) is 17.3 Å². The molecule has 4 aliphatic carbocycles. The molecular weight excluding hydrogens is 368 g/mol. The molecule has 5 heteroatoms. The Kier molecular flexibility index (Phi) is 3.91. The molecule has 7 atom stereocenters. The molecule has 4 fully saturated rings. The zero-order chi connectivity index (χ0) is 20.8. The van der Waals surface area contributed by atoms with E-state index in [0.717, 1.165) is 32.1 Å². The number of fused-ring (bicyclic) bond motifs is 3. The summed E-state index contributed by atoms with van der Waals surface area (Å²) in [5, 5.41) is 11.7. The number of methoxy groups -OCH3 is 1. The third-order valence-corrected chi connectivity index (χ3v) is 9.64. The SMILES string of the molecule is C=C1C[C@@]2(C)C(=CC1=O)CC[C@H]1[C@@H]3CC[C@@](O)(CCC(=O)OC)[C@@]3(C)C[C@H]3O[C@]312. The van der Waals surface area contributed by atoms with Crippen LogP contribution in [0.4, 0.5) is 0 Å². The Morgan fingerprint density at radius 3 is 2.83 bits per heavy atom. The fraction of sp³-hybridized carbons (Fsp3) is 0.750. The second-order valence-electron chi connectivity index (χ2n) is 10.6. The number of rotatable bonds is 3. The lowest BCUT2D eigenvalue weighted by atomic mass is 9.45. The Hall–Kier alpha value is -1.46. The van der Waals surface area contributed by atoms with Crippen molar-refractivity contribution in [3.8, 4) is 0 Å². The van der Waals surface area contributed by atoms with Crippen LogP contribution in [0.25, 0.3) is 0 Å². The average molecular weight is 401 g/mol. The maximum absolute atomic E-state index is 12.3. The first-order valence-corrected chi connectivity index (χ1v) is 11.0. The summed E-state index contributed by atoms with van der Waals surface area (Å²) in [7, 11) is 1.40. The van der Waals surface area contributed by atoms with Crippen LogP contribution in [0, 0.1) is 22.7 Å². The molecule has 1 aliphatic heterocycles. The molecule has 0 unspecified atom stereocenters. The number of ether oxygens (including phenoxy) is 2. The van der Waals surface area contributed by atoms with E-state index in [1.807, 2.05) is 6.08 Å². The van der Waals surface area contributed by atoms with Gasteiger partial charge in [-0.2, -0.15) is 0 Å². The summed E-state index contributed by atoms with van der Waals surface area (Å²) in [6, 6.07) is 0. The van der Waals surface area contributed by atoms with Gasteiger partial charge in [0.25, 0.3) is 0 Å². The zero-order valence-corrected chi connectivity index (χ0v) is 17.8. The molecule has 29 heavy (non-hydrogen) atoms. The summed E-state index contributed by atoms with van der Waals surface area (Å²) in [5.74, 6) is 0.557. The maximum atomic E-state index is 12.3. The molecular formula is C24H32O5. The molecule has 5 aliphatic rings. The van der Waals surface area contributed by atoms with E-state index in [1.54, 1.807) is 0 Å². The van der Waals surface area contributed by atoms with Crippen molar-refractivity contribution < 1.29 is 24.2 Å². The molecule has 1 heterocycles. The number of esters is 1. The first-order chi connectivity index (χ1) is 13.6. The normalized spacial score (nSPS) is 50.1. The van der Waals surface area contributed by atoms with Gasteiger partial charge in [-0.25, -0.2) is 0 Å². The van der Waals surface area contributed by atoms with Crippen molar-refractivity contribution in [3.05, 3.63) is 23.8 Å². The molecule has 5 nitrogen and oxygen atoms in total. The minimum atomic E-state index is -0.854. The number of aliphatic hydroxyl groups is 1. The minimum absolute atomic E-state index is 0.0724. The first kappa shape index (κ1) is 19.5. The van der Waals surface area contributed by atoms with Crippen LogP contribution in [-0.2, 0) is 19.1 Å². The van der Waals surface area contributed by atoms with E-state index in [1.165, 1.54) is 12.7 Å². The molecule has 5 rings (SSSR count). The molecule has 0 aromatic heterocycles. The second kappa shape index (κ2) is 5.82. The summed E-state index contributed by atoms with van der Waals surface area (Å²) >= 11 is 0. The zero-order valence-electron chi connectivity index (χ0n) is 17.8. The molecule has 0 aromatic carbocycles. The fourth-order valence-electron chi connectivity index (χ4n) is 7.96. The van der Waals surface area contributed by atoms with E-state index in [0.29, 0.717) is 30.3 Å². The highest BCUT2D eigenvalue weighted by atomic mass is 16.6. The molecule has 158 valence electrons. The molecule has 0 radical (unpaired) electrons. The third-order valence-electron chi connectivity index (χ3n) is 9.64. The highest BCUT2D eigenvalue weighted by molar-refractivity contribution is 6.05. The van der Waals surface area contributed by atoms with Crippen molar-refractivity contribution in [2.45, 2.75) is 82.5 Å². The predicted molar refractivity (Wildman–Crippen MR) is 107 cm³/mol. The molecule has 0 amide bonds. The Morgan fingerprint density at radius 2 is 2.10 bits per heavy atom. The quantitative estimate of drug-likeness (QED) is 0.446. The second-order valence-corrected chi connectivity index (χ2v) is 10.6. The van der Waals surface area contributed by atoms with Crippen molar-refractivity contribution in [2.24, 2.45) is 22.7 Å². The van der Waals surface area contributed by atoms with Crippen LogP contribution in [0.3, 0.4) is 0 Å². The van der Waals surface area contributed by atoms with Crippen LogP contribution in [-0.4, -0.2) is 41.3 Å². The first-order valence-electron chi connectivity index (χ1n) is 11.0. The molecule has 3 saturated carbocycles. The van der Waals surface area contributed by atoms with Crippen molar-refractivity contribution in [1.82, 2.24) is 0 Å². The van der Waals surface area contributed by atoms with E-state index < -0.39 is 5.60 Å². The Labute approximate surface area is 172 Å². The van der Waals surface area contributed by atoms with Crippen molar-refractivity contribution in [1.29, 1.82) is 0 Å². The predicted octanol–water partition coefficient (Wildman–Crippen LogP) is 3.50. The topological polar surface area (TPSA) is 76.1 Å².